The van der Waals surface area contributed by atoms with Crippen LogP contribution in [0.5, 0.6) is 5.75 Å². The number of benzene rings is 2. The van der Waals surface area contributed by atoms with E-state index in [1.54, 1.807) is 19.2 Å². The Balaban J connectivity index is 1.26. The first-order chi connectivity index (χ1) is 14.2. The molecular formula is C21H22ClN5O2. The maximum Gasteiger partial charge on any atom is 0.246 e. The maximum absolute atomic E-state index is 5.91. The number of ether oxygens (including phenoxy) is 1. The predicted octanol–water partition coefficient (Wildman–Crippen LogP) is 3.23. The highest BCUT2D eigenvalue weighted by Gasteiger charge is 2.12. The standard InChI is InChI=1S/C21H22ClN5O2/c1-23-21(24-10-8-14-2-7-18-16(12-14)9-11-28-18)25-13-19-26-20(27-29-19)15-3-5-17(22)6-4-15/h2-7,12H,8-11,13H2,1H3,(H2,23,24,25). The van der Waals surface area contributed by atoms with E-state index in [0.29, 0.717) is 29.2 Å². The van der Waals surface area contributed by atoms with E-state index in [9.17, 15) is 0 Å². The largest absolute Gasteiger partial charge is 0.493 e. The number of nitrogens with one attached hydrogen (secondary N) is 2. The highest BCUT2D eigenvalue weighted by molar-refractivity contribution is 6.30. The summed E-state index contributed by atoms with van der Waals surface area (Å²) in [6.45, 7) is 1.93. The van der Waals surface area contributed by atoms with Gasteiger partial charge in [0, 0.05) is 30.6 Å². The second kappa shape index (κ2) is 8.96. The van der Waals surface area contributed by atoms with Crippen molar-refractivity contribution in [2.24, 2.45) is 4.99 Å². The van der Waals surface area contributed by atoms with E-state index < -0.39 is 0 Å². The van der Waals surface area contributed by atoms with Crippen molar-refractivity contribution in [3.63, 3.8) is 0 Å². The van der Waals surface area contributed by atoms with E-state index in [1.165, 1.54) is 11.1 Å². The van der Waals surface area contributed by atoms with Gasteiger partial charge in [0.25, 0.3) is 0 Å². The minimum Gasteiger partial charge on any atom is -0.493 e. The van der Waals surface area contributed by atoms with Gasteiger partial charge >= 0.3 is 0 Å². The quantitative estimate of drug-likeness (QED) is 0.478. The molecule has 0 saturated carbocycles. The minimum atomic E-state index is 0.385. The van der Waals surface area contributed by atoms with Gasteiger partial charge in [0.1, 0.15) is 5.75 Å². The Morgan fingerprint density at radius 2 is 2.03 bits per heavy atom. The van der Waals surface area contributed by atoms with Crippen LogP contribution >= 0.6 is 11.6 Å². The molecule has 150 valence electrons. The Bertz CT molecular complexity index is 1000. The number of rotatable bonds is 6. The van der Waals surface area contributed by atoms with Crippen LogP contribution in [0.15, 0.2) is 52.0 Å². The molecule has 0 amide bonds. The molecule has 0 aliphatic carbocycles. The molecule has 29 heavy (non-hydrogen) atoms. The average molecular weight is 412 g/mol. The highest BCUT2D eigenvalue weighted by Crippen LogP contribution is 2.25. The van der Waals surface area contributed by atoms with E-state index in [4.69, 9.17) is 20.9 Å². The molecule has 4 rings (SSSR count). The van der Waals surface area contributed by atoms with Crippen LogP contribution in [0.1, 0.15) is 17.0 Å². The van der Waals surface area contributed by atoms with Crippen LogP contribution in [0.25, 0.3) is 11.4 Å². The topological polar surface area (TPSA) is 84.6 Å². The summed E-state index contributed by atoms with van der Waals surface area (Å²) >= 11 is 5.91. The van der Waals surface area contributed by atoms with Crippen molar-refractivity contribution in [1.29, 1.82) is 0 Å². The van der Waals surface area contributed by atoms with E-state index in [1.807, 2.05) is 12.1 Å². The summed E-state index contributed by atoms with van der Waals surface area (Å²) in [6.07, 6.45) is 1.89. The molecule has 0 saturated heterocycles. The predicted molar refractivity (Wildman–Crippen MR) is 112 cm³/mol. The van der Waals surface area contributed by atoms with E-state index in [2.05, 4.69) is 44.0 Å². The van der Waals surface area contributed by atoms with Gasteiger partial charge in [0.15, 0.2) is 5.96 Å². The molecule has 0 fully saturated rings. The Hall–Kier alpha value is -3.06. The second-order valence-corrected chi connectivity index (χ2v) is 7.10. The first-order valence-corrected chi connectivity index (χ1v) is 9.87. The zero-order valence-corrected chi connectivity index (χ0v) is 16.9. The van der Waals surface area contributed by atoms with Crippen LogP contribution in [0.4, 0.5) is 0 Å². The number of aliphatic imine (C=N–C) groups is 1. The number of halogens is 1. The summed E-state index contributed by atoms with van der Waals surface area (Å²) < 4.78 is 10.9. The van der Waals surface area contributed by atoms with Crippen LogP contribution in [0.2, 0.25) is 5.02 Å². The first-order valence-electron chi connectivity index (χ1n) is 9.49. The Morgan fingerprint density at radius 1 is 1.17 bits per heavy atom. The number of nitrogens with zero attached hydrogens (tertiary/aromatic N) is 3. The molecule has 2 N–H and O–H groups in total. The molecule has 1 aromatic heterocycles. The highest BCUT2D eigenvalue weighted by atomic mass is 35.5. The SMILES string of the molecule is CN=C(NCCc1ccc2c(c1)CCO2)NCc1nc(-c2ccc(Cl)cc2)no1. The molecule has 2 heterocycles. The zero-order valence-electron chi connectivity index (χ0n) is 16.1. The molecule has 3 aromatic rings. The van der Waals surface area contributed by atoms with Gasteiger partial charge in [-0.05, 0) is 47.9 Å². The normalized spacial score (nSPS) is 13.1. The van der Waals surface area contributed by atoms with Crippen LogP contribution in [0.3, 0.4) is 0 Å². The average Bonchev–Trinajstić information content (AvgIpc) is 3.40. The number of fused-ring (bicyclic) bond motifs is 1. The minimum absolute atomic E-state index is 0.385. The van der Waals surface area contributed by atoms with Gasteiger partial charge in [0.2, 0.25) is 11.7 Å². The van der Waals surface area contributed by atoms with Crippen molar-refractivity contribution in [3.8, 4) is 17.1 Å². The molecule has 1 aliphatic rings. The molecule has 1 aliphatic heterocycles. The fourth-order valence-corrected chi connectivity index (χ4v) is 3.27. The van der Waals surface area contributed by atoms with Crippen LogP contribution in [0, 0.1) is 0 Å². The lowest BCUT2D eigenvalue weighted by Gasteiger charge is -2.10. The second-order valence-electron chi connectivity index (χ2n) is 6.66. The third-order valence-electron chi connectivity index (χ3n) is 4.66. The molecule has 0 spiro atoms. The van der Waals surface area contributed by atoms with Crippen molar-refractivity contribution in [1.82, 2.24) is 20.8 Å². The van der Waals surface area contributed by atoms with Gasteiger partial charge in [0.05, 0.1) is 13.2 Å². The Kier molecular flexibility index (Phi) is 5.95. The van der Waals surface area contributed by atoms with Crippen molar-refractivity contribution in [2.45, 2.75) is 19.4 Å². The number of guanidine groups is 1. The van der Waals surface area contributed by atoms with Crippen molar-refractivity contribution in [3.05, 3.63) is 64.5 Å². The van der Waals surface area contributed by atoms with Crippen molar-refractivity contribution >= 4 is 17.6 Å². The van der Waals surface area contributed by atoms with Crippen LogP contribution in [-0.2, 0) is 19.4 Å². The zero-order chi connectivity index (χ0) is 20.1. The van der Waals surface area contributed by atoms with Gasteiger partial charge in [-0.2, -0.15) is 4.98 Å². The van der Waals surface area contributed by atoms with Crippen molar-refractivity contribution in [2.75, 3.05) is 20.2 Å². The molecule has 8 heteroatoms. The summed E-state index contributed by atoms with van der Waals surface area (Å²) in [6, 6.07) is 13.7. The van der Waals surface area contributed by atoms with E-state index in [-0.39, 0.29) is 0 Å². The van der Waals surface area contributed by atoms with Crippen LogP contribution < -0.4 is 15.4 Å². The lowest BCUT2D eigenvalue weighted by molar-refractivity contribution is 0.357. The van der Waals surface area contributed by atoms with Crippen LogP contribution in [-0.4, -0.2) is 36.3 Å². The Labute approximate surface area is 174 Å². The number of hydrogen-bond donors (Lipinski definition) is 2. The smallest absolute Gasteiger partial charge is 0.246 e. The molecule has 0 radical (unpaired) electrons. The molecule has 7 nitrogen and oxygen atoms in total. The van der Waals surface area contributed by atoms with Gasteiger partial charge < -0.3 is 19.9 Å². The fraction of sp³-hybridized carbons (Fsp3) is 0.286. The number of aromatic nitrogens is 2. The van der Waals surface area contributed by atoms with Crippen molar-refractivity contribution < 1.29 is 9.26 Å². The number of hydrogen-bond acceptors (Lipinski definition) is 5. The molecule has 0 atom stereocenters. The van der Waals surface area contributed by atoms with Gasteiger partial charge in [-0.25, -0.2) is 0 Å². The maximum atomic E-state index is 5.91. The summed E-state index contributed by atoms with van der Waals surface area (Å²) in [5.74, 6) is 2.70. The lowest BCUT2D eigenvalue weighted by Crippen LogP contribution is -2.37. The molecule has 0 bridgehead atoms. The summed E-state index contributed by atoms with van der Waals surface area (Å²) in [5, 5.41) is 11.2. The summed E-state index contributed by atoms with van der Waals surface area (Å²) in [5.41, 5.74) is 3.42. The molecular weight excluding hydrogens is 390 g/mol. The summed E-state index contributed by atoms with van der Waals surface area (Å²) in [4.78, 5) is 8.64. The summed E-state index contributed by atoms with van der Waals surface area (Å²) in [7, 11) is 1.73. The lowest BCUT2D eigenvalue weighted by atomic mass is 10.1. The van der Waals surface area contributed by atoms with Gasteiger partial charge in [-0.15, -0.1) is 0 Å². The monoisotopic (exact) mass is 411 g/mol. The third kappa shape index (κ3) is 4.86. The van der Waals surface area contributed by atoms with Gasteiger partial charge in [-0.3, -0.25) is 4.99 Å². The Morgan fingerprint density at radius 3 is 2.86 bits per heavy atom. The third-order valence-corrected chi connectivity index (χ3v) is 4.91. The van der Waals surface area contributed by atoms with E-state index in [0.717, 1.165) is 37.3 Å². The van der Waals surface area contributed by atoms with Gasteiger partial charge in [-0.1, -0.05) is 28.9 Å². The van der Waals surface area contributed by atoms with E-state index >= 15 is 0 Å². The molecule has 2 aromatic carbocycles. The fourth-order valence-electron chi connectivity index (χ4n) is 3.14. The molecule has 0 unspecified atom stereocenters. The first kappa shape index (κ1) is 19.3.